The van der Waals surface area contributed by atoms with Gasteiger partial charge in [0, 0.05) is 22.8 Å². The lowest BCUT2D eigenvalue weighted by Crippen LogP contribution is -2.13. The first-order chi connectivity index (χ1) is 12.2. The highest BCUT2D eigenvalue weighted by molar-refractivity contribution is 6.04. The van der Waals surface area contributed by atoms with Gasteiger partial charge in [-0.3, -0.25) is 9.78 Å². The predicted molar refractivity (Wildman–Crippen MR) is 94.2 cm³/mol. The number of fused-ring (bicyclic) bond motifs is 1. The predicted octanol–water partition coefficient (Wildman–Crippen LogP) is 3.85. The Morgan fingerprint density at radius 1 is 1.00 bits per heavy atom. The molecule has 2 heterocycles. The molecule has 2 aromatic heterocycles. The van der Waals surface area contributed by atoms with Crippen LogP contribution in [0.15, 0.2) is 65.4 Å². The lowest BCUT2D eigenvalue weighted by Gasteiger charge is -2.07. The van der Waals surface area contributed by atoms with Crippen LogP contribution in [-0.2, 0) is 0 Å². The van der Waals surface area contributed by atoms with Gasteiger partial charge in [-0.15, -0.1) is 0 Å². The molecule has 2 aromatic carbocycles. The van der Waals surface area contributed by atoms with Crippen molar-refractivity contribution in [1.29, 1.82) is 0 Å². The zero-order valence-electron chi connectivity index (χ0n) is 13.4. The van der Waals surface area contributed by atoms with Crippen LogP contribution in [0.5, 0.6) is 0 Å². The van der Waals surface area contributed by atoms with Crippen LogP contribution >= 0.6 is 0 Å². The number of hydrogen-bond acceptors (Lipinski definition) is 5. The van der Waals surface area contributed by atoms with Crippen LogP contribution in [0.1, 0.15) is 16.2 Å². The molecule has 0 aliphatic carbocycles. The molecule has 6 nitrogen and oxygen atoms in total. The summed E-state index contributed by atoms with van der Waals surface area (Å²) in [5.74, 6) is -0.362. The fourth-order valence-corrected chi connectivity index (χ4v) is 2.62. The van der Waals surface area contributed by atoms with E-state index in [1.807, 2.05) is 54.7 Å². The largest absolute Gasteiger partial charge is 0.320 e. The Morgan fingerprint density at radius 3 is 2.60 bits per heavy atom. The number of nitrogens with one attached hydrogen (secondary N) is 1. The van der Waals surface area contributed by atoms with Gasteiger partial charge in [-0.2, -0.15) is 0 Å². The van der Waals surface area contributed by atoms with E-state index in [1.54, 1.807) is 6.92 Å². The van der Waals surface area contributed by atoms with Gasteiger partial charge in [0.1, 0.15) is 5.69 Å². The first-order valence-corrected chi connectivity index (χ1v) is 7.76. The van der Waals surface area contributed by atoms with Crippen LogP contribution in [-0.4, -0.2) is 21.2 Å². The second-order valence-corrected chi connectivity index (χ2v) is 5.65. The zero-order valence-corrected chi connectivity index (χ0v) is 13.4. The van der Waals surface area contributed by atoms with Gasteiger partial charge in [-0.1, -0.05) is 41.6 Å². The number of hydrogen-bond donors (Lipinski definition) is 1. The smallest absolute Gasteiger partial charge is 0.279 e. The number of benzene rings is 2. The Balaban J connectivity index is 1.63. The van der Waals surface area contributed by atoms with E-state index in [0.717, 1.165) is 22.0 Å². The maximum absolute atomic E-state index is 12.2. The van der Waals surface area contributed by atoms with Gasteiger partial charge in [0.15, 0.2) is 5.69 Å². The Hall–Kier alpha value is -3.54. The molecule has 122 valence electrons. The minimum Gasteiger partial charge on any atom is -0.320 e. The molecule has 4 rings (SSSR count). The number of rotatable bonds is 3. The lowest BCUT2D eigenvalue weighted by atomic mass is 10.1. The summed E-state index contributed by atoms with van der Waals surface area (Å²) in [6, 6.07) is 17.7. The van der Waals surface area contributed by atoms with Crippen molar-refractivity contribution in [3.8, 4) is 11.1 Å². The van der Waals surface area contributed by atoms with E-state index < -0.39 is 0 Å². The second kappa shape index (κ2) is 6.16. The number of nitrogens with zero attached hydrogens (tertiary/aromatic N) is 3. The molecular formula is C19H14N4O2. The molecular weight excluding hydrogens is 316 g/mol. The summed E-state index contributed by atoms with van der Waals surface area (Å²) < 4.78 is 4.56. The Bertz CT molecular complexity index is 1060. The summed E-state index contributed by atoms with van der Waals surface area (Å²) in [5.41, 5.74) is 4.22. The molecule has 0 fully saturated rings. The molecule has 4 aromatic rings. The molecule has 0 unspecified atom stereocenters. The van der Waals surface area contributed by atoms with E-state index in [0.29, 0.717) is 11.4 Å². The molecule has 0 spiro atoms. The van der Waals surface area contributed by atoms with Crippen molar-refractivity contribution in [2.24, 2.45) is 0 Å². The van der Waals surface area contributed by atoms with Crippen LogP contribution in [0.3, 0.4) is 0 Å². The molecule has 6 heteroatoms. The third-order valence-corrected chi connectivity index (χ3v) is 3.92. The number of anilines is 1. The average molecular weight is 330 g/mol. The molecule has 1 N–H and O–H groups in total. The highest BCUT2D eigenvalue weighted by Crippen LogP contribution is 2.24. The van der Waals surface area contributed by atoms with Crippen LogP contribution in [0.25, 0.3) is 22.0 Å². The SMILES string of the molecule is Cc1nonc1C(=O)Nc1ccc2cc(-c3ccccc3)cnc2c1. The fourth-order valence-electron chi connectivity index (χ4n) is 2.62. The fraction of sp³-hybridized carbons (Fsp3) is 0.0526. The summed E-state index contributed by atoms with van der Waals surface area (Å²) >= 11 is 0. The van der Waals surface area contributed by atoms with Gasteiger partial charge in [-0.25, -0.2) is 4.63 Å². The number of carbonyl (C=O) groups is 1. The number of pyridine rings is 1. The molecule has 1 amide bonds. The monoisotopic (exact) mass is 330 g/mol. The highest BCUT2D eigenvalue weighted by Gasteiger charge is 2.15. The van der Waals surface area contributed by atoms with Crippen LogP contribution in [0, 0.1) is 6.92 Å². The minimum absolute atomic E-state index is 0.174. The highest BCUT2D eigenvalue weighted by atomic mass is 16.6. The van der Waals surface area contributed by atoms with Crippen molar-refractivity contribution < 1.29 is 9.42 Å². The molecule has 0 saturated heterocycles. The zero-order chi connectivity index (χ0) is 17.2. The van der Waals surface area contributed by atoms with Crippen molar-refractivity contribution >= 4 is 22.5 Å². The van der Waals surface area contributed by atoms with E-state index in [1.165, 1.54) is 0 Å². The first-order valence-electron chi connectivity index (χ1n) is 7.76. The summed E-state index contributed by atoms with van der Waals surface area (Å²) in [6.07, 6.45) is 1.83. The molecule has 0 atom stereocenters. The number of aromatic nitrogens is 3. The normalized spacial score (nSPS) is 10.8. The van der Waals surface area contributed by atoms with Crippen molar-refractivity contribution in [3.63, 3.8) is 0 Å². The van der Waals surface area contributed by atoms with Crippen molar-refractivity contribution in [1.82, 2.24) is 15.3 Å². The van der Waals surface area contributed by atoms with Crippen LogP contribution in [0.2, 0.25) is 0 Å². The van der Waals surface area contributed by atoms with Gasteiger partial charge in [0.2, 0.25) is 0 Å². The summed E-state index contributed by atoms with van der Waals surface area (Å²) in [6.45, 7) is 1.67. The summed E-state index contributed by atoms with van der Waals surface area (Å²) in [4.78, 5) is 16.7. The van der Waals surface area contributed by atoms with Crippen LogP contribution in [0.4, 0.5) is 5.69 Å². The first kappa shape index (κ1) is 15.0. The number of amides is 1. The Morgan fingerprint density at radius 2 is 1.84 bits per heavy atom. The summed E-state index contributed by atoms with van der Waals surface area (Å²) in [5, 5.41) is 11.0. The topological polar surface area (TPSA) is 80.9 Å². The van der Waals surface area contributed by atoms with Crippen molar-refractivity contribution in [2.45, 2.75) is 6.92 Å². The maximum Gasteiger partial charge on any atom is 0.279 e. The Labute approximate surface area is 143 Å². The molecule has 25 heavy (non-hydrogen) atoms. The van der Waals surface area contributed by atoms with Gasteiger partial charge in [0.25, 0.3) is 5.91 Å². The molecule has 0 saturated carbocycles. The standard InChI is InChI=1S/C19H14N4O2/c1-12-18(23-25-22-12)19(24)21-16-8-7-14-9-15(11-20-17(14)10-16)13-5-3-2-4-6-13/h2-11H,1H3,(H,21,24). The van der Waals surface area contributed by atoms with Crippen LogP contribution < -0.4 is 5.32 Å². The third-order valence-electron chi connectivity index (χ3n) is 3.92. The van der Waals surface area contributed by atoms with Gasteiger partial charge in [0.05, 0.1) is 5.52 Å². The quantitative estimate of drug-likeness (QED) is 0.617. The summed E-state index contributed by atoms with van der Waals surface area (Å²) in [7, 11) is 0. The van der Waals surface area contributed by atoms with E-state index in [4.69, 9.17) is 0 Å². The Kier molecular flexibility index (Phi) is 3.70. The van der Waals surface area contributed by atoms with E-state index in [2.05, 4.69) is 31.3 Å². The minimum atomic E-state index is -0.362. The number of aryl methyl sites for hydroxylation is 1. The molecule has 0 aliphatic rings. The lowest BCUT2D eigenvalue weighted by molar-refractivity contribution is 0.101. The molecule has 0 radical (unpaired) electrons. The van der Waals surface area contributed by atoms with E-state index in [-0.39, 0.29) is 11.6 Å². The average Bonchev–Trinajstić information content (AvgIpc) is 3.08. The third kappa shape index (κ3) is 2.97. The molecule has 0 aliphatic heterocycles. The van der Waals surface area contributed by atoms with E-state index in [9.17, 15) is 4.79 Å². The maximum atomic E-state index is 12.2. The van der Waals surface area contributed by atoms with Crippen molar-refractivity contribution in [3.05, 3.63) is 72.2 Å². The second-order valence-electron chi connectivity index (χ2n) is 5.65. The van der Waals surface area contributed by atoms with E-state index >= 15 is 0 Å². The number of carbonyl (C=O) groups excluding carboxylic acids is 1. The van der Waals surface area contributed by atoms with Crippen molar-refractivity contribution in [2.75, 3.05) is 5.32 Å². The van der Waals surface area contributed by atoms with Gasteiger partial charge in [-0.05, 0) is 35.8 Å². The van der Waals surface area contributed by atoms with Gasteiger partial charge >= 0.3 is 0 Å². The molecule has 0 bridgehead atoms. The van der Waals surface area contributed by atoms with Gasteiger partial charge < -0.3 is 5.32 Å².